The van der Waals surface area contributed by atoms with Crippen molar-refractivity contribution in [3.8, 4) is 11.5 Å². The Balaban J connectivity index is 2.08. The van der Waals surface area contributed by atoms with Gasteiger partial charge in [0.2, 0.25) is 0 Å². The van der Waals surface area contributed by atoms with E-state index in [1.165, 1.54) is 0 Å². The second kappa shape index (κ2) is 6.19. The Kier molecular flexibility index (Phi) is 4.27. The second-order valence-corrected chi connectivity index (χ2v) is 5.76. The molecular formula is C18H19ClO3. The molecule has 2 aromatic carbocycles. The zero-order valence-electron chi connectivity index (χ0n) is 12.8. The Morgan fingerprint density at radius 3 is 2.23 bits per heavy atom. The molecule has 1 heterocycles. The largest absolute Gasteiger partial charge is 0.497 e. The molecule has 4 heteroatoms. The highest BCUT2D eigenvalue weighted by atomic mass is 35.5. The molecule has 116 valence electrons. The van der Waals surface area contributed by atoms with E-state index in [0.29, 0.717) is 5.02 Å². The molecule has 2 aromatic rings. The maximum atomic E-state index is 6.50. The van der Waals surface area contributed by atoms with E-state index in [-0.39, 0.29) is 0 Å². The summed E-state index contributed by atoms with van der Waals surface area (Å²) in [5, 5.41) is 0.664. The Labute approximate surface area is 135 Å². The average molecular weight is 319 g/mol. The highest BCUT2D eigenvalue weighted by Crippen LogP contribution is 2.45. The van der Waals surface area contributed by atoms with Crippen LogP contribution in [-0.4, -0.2) is 20.8 Å². The lowest BCUT2D eigenvalue weighted by atomic mass is 9.84. The summed E-state index contributed by atoms with van der Waals surface area (Å²) in [7, 11) is 3.30. The number of rotatable bonds is 4. The third kappa shape index (κ3) is 2.55. The summed E-state index contributed by atoms with van der Waals surface area (Å²) in [6.45, 7) is 0.731. The van der Waals surface area contributed by atoms with Gasteiger partial charge in [0.25, 0.3) is 0 Å². The van der Waals surface area contributed by atoms with Crippen LogP contribution in [-0.2, 0) is 10.3 Å². The van der Waals surface area contributed by atoms with Crippen molar-refractivity contribution in [3.63, 3.8) is 0 Å². The molecule has 0 radical (unpaired) electrons. The van der Waals surface area contributed by atoms with Gasteiger partial charge in [0.15, 0.2) is 0 Å². The van der Waals surface area contributed by atoms with Gasteiger partial charge < -0.3 is 14.2 Å². The standard InChI is InChI=1S/C18H19ClO3/c1-20-14-6-4-13(5-7-14)18(10-3-11-22-18)16-9-8-15(21-2)12-17(16)19/h4-9,12H,3,10-11H2,1-2H3. The Hall–Kier alpha value is -1.71. The summed E-state index contributed by atoms with van der Waals surface area (Å²) in [6, 6.07) is 13.8. The number of halogens is 1. The molecule has 0 aromatic heterocycles. The highest BCUT2D eigenvalue weighted by molar-refractivity contribution is 6.31. The fraction of sp³-hybridized carbons (Fsp3) is 0.333. The minimum atomic E-state index is -0.490. The molecule has 0 amide bonds. The summed E-state index contributed by atoms with van der Waals surface area (Å²) >= 11 is 6.50. The SMILES string of the molecule is COc1ccc(C2(c3ccc(OC)cc3Cl)CCCO2)cc1. The smallest absolute Gasteiger partial charge is 0.120 e. The monoisotopic (exact) mass is 318 g/mol. The number of ether oxygens (including phenoxy) is 3. The summed E-state index contributed by atoms with van der Waals surface area (Å²) in [6.07, 6.45) is 1.92. The molecule has 0 aliphatic carbocycles. The van der Waals surface area contributed by atoms with Gasteiger partial charge in [0.05, 0.1) is 19.2 Å². The molecular weight excluding hydrogens is 300 g/mol. The van der Waals surface area contributed by atoms with E-state index >= 15 is 0 Å². The Bertz CT molecular complexity index is 646. The zero-order valence-corrected chi connectivity index (χ0v) is 13.5. The minimum Gasteiger partial charge on any atom is -0.497 e. The lowest BCUT2D eigenvalue weighted by Gasteiger charge is -2.30. The fourth-order valence-corrected chi connectivity index (χ4v) is 3.37. The average Bonchev–Trinajstić information content (AvgIpc) is 3.05. The van der Waals surface area contributed by atoms with Gasteiger partial charge in [-0.1, -0.05) is 29.8 Å². The molecule has 0 saturated carbocycles. The van der Waals surface area contributed by atoms with Crippen molar-refractivity contribution in [3.05, 3.63) is 58.6 Å². The maximum absolute atomic E-state index is 6.50. The molecule has 1 atom stereocenters. The van der Waals surface area contributed by atoms with Crippen molar-refractivity contribution in [2.75, 3.05) is 20.8 Å². The van der Waals surface area contributed by atoms with E-state index in [4.69, 9.17) is 25.8 Å². The maximum Gasteiger partial charge on any atom is 0.120 e. The third-order valence-electron chi connectivity index (χ3n) is 4.19. The van der Waals surface area contributed by atoms with Crippen molar-refractivity contribution in [2.24, 2.45) is 0 Å². The predicted molar refractivity (Wildman–Crippen MR) is 87.0 cm³/mol. The Morgan fingerprint density at radius 1 is 1.00 bits per heavy atom. The van der Waals surface area contributed by atoms with Crippen LogP contribution in [0.3, 0.4) is 0 Å². The van der Waals surface area contributed by atoms with Gasteiger partial charge in [-0.05, 0) is 42.7 Å². The van der Waals surface area contributed by atoms with Crippen LogP contribution in [0, 0.1) is 0 Å². The molecule has 0 spiro atoms. The lowest BCUT2D eigenvalue weighted by molar-refractivity contribution is 0.0360. The minimum absolute atomic E-state index is 0.490. The van der Waals surface area contributed by atoms with Crippen LogP contribution in [0.15, 0.2) is 42.5 Å². The predicted octanol–water partition coefficient (Wildman–Crippen LogP) is 4.41. The first-order valence-electron chi connectivity index (χ1n) is 7.32. The van der Waals surface area contributed by atoms with E-state index in [1.54, 1.807) is 14.2 Å². The van der Waals surface area contributed by atoms with Crippen molar-refractivity contribution in [1.29, 1.82) is 0 Å². The van der Waals surface area contributed by atoms with Crippen LogP contribution in [0.1, 0.15) is 24.0 Å². The van der Waals surface area contributed by atoms with Crippen molar-refractivity contribution in [1.82, 2.24) is 0 Å². The topological polar surface area (TPSA) is 27.7 Å². The van der Waals surface area contributed by atoms with Crippen LogP contribution in [0.5, 0.6) is 11.5 Å². The van der Waals surface area contributed by atoms with Crippen LogP contribution < -0.4 is 9.47 Å². The summed E-state index contributed by atoms with van der Waals surface area (Å²) in [4.78, 5) is 0. The normalized spacial score (nSPS) is 20.9. The van der Waals surface area contributed by atoms with Gasteiger partial charge >= 0.3 is 0 Å². The molecule has 3 rings (SSSR count). The highest BCUT2D eigenvalue weighted by Gasteiger charge is 2.40. The van der Waals surface area contributed by atoms with Crippen LogP contribution in [0.2, 0.25) is 5.02 Å². The number of hydrogen-bond donors (Lipinski definition) is 0. The lowest BCUT2D eigenvalue weighted by Crippen LogP contribution is -2.26. The second-order valence-electron chi connectivity index (χ2n) is 5.35. The van der Waals surface area contributed by atoms with Gasteiger partial charge in [-0.15, -0.1) is 0 Å². The van der Waals surface area contributed by atoms with Crippen molar-refractivity contribution < 1.29 is 14.2 Å². The molecule has 1 aliphatic rings. The summed E-state index contributed by atoms with van der Waals surface area (Å²) < 4.78 is 16.7. The van der Waals surface area contributed by atoms with Gasteiger partial charge in [-0.3, -0.25) is 0 Å². The summed E-state index contributed by atoms with van der Waals surface area (Å²) in [5.74, 6) is 1.58. The first kappa shape index (κ1) is 15.2. The van der Waals surface area contributed by atoms with E-state index < -0.39 is 5.60 Å². The van der Waals surface area contributed by atoms with E-state index in [0.717, 1.165) is 42.1 Å². The fourth-order valence-electron chi connectivity index (χ4n) is 3.05. The van der Waals surface area contributed by atoms with Gasteiger partial charge in [-0.25, -0.2) is 0 Å². The van der Waals surface area contributed by atoms with E-state index in [2.05, 4.69) is 0 Å². The van der Waals surface area contributed by atoms with Crippen molar-refractivity contribution >= 4 is 11.6 Å². The Morgan fingerprint density at radius 2 is 1.68 bits per heavy atom. The molecule has 0 bridgehead atoms. The summed E-state index contributed by atoms with van der Waals surface area (Å²) in [5.41, 5.74) is 1.59. The quantitative estimate of drug-likeness (QED) is 0.835. The molecule has 1 saturated heterocycles. The van der Waals surface area contributed by atoms with Crippen LogP contribution >= 0.6 is 11.6 Å². The molecule has 1 unspecified atom stereocenters. The third-order valence-corrected chi connectivity index (χ3v) is 4.50. The van der Waals surface area contributed by atoms with Crippen LogP contribution in [0.4, 0.5) is 0 Å². The van der Waals surface area contributed by atoms with Gasteiger partial charge in [-0.2, -0.15) is 0 Å². The molecule has 22 heavy (non-hydrogen) atoms. The number of benzene rings is 2. The molecule has 1 aliphatic heterocycles. The first-order chi connectivity index (χ1) is 10.7. The van der Waals surface area contributed by atoms with Gasteiger partial charge in [0.1, 0.15) is 17.1 Å². The van der Waals surface area contributed by atoms with Gasteiger partial charge in [0, 0.05) is 12.2 Å². The first-order valence-corrected chi connectivity index (χ1v) is 7.70. The number of methoxy groups -OCH3 is 2. The molecule has 1 fully saturated rings. The van der Waals surface area contributed by atoms with Crippen molar-refractivity contribution in [2.45, 2.75) is 18.4 Å². The molecule has 3 nitrogen and oxygen atoms in total. The van der Waals surface area contributed by atoms with E-state index in [9.17, 15) is 0 Å². The van der Waals surface area contributed by atoms with E-state index in [1.807, 2.05) is 42.5 Å². The molecule has 0 N–H and O–H groups in total. The zero-order chi connectivity index (χ0) is 15.6. The van der Waals surface area contributed by atoms with Crippen LogP contribution in [0.25, 0.3) is 0 Å². The number of hydrogen-bond acceptors (Lipinski definition) is 3.